The summed E-state index contributed by atoms with van der Waals surface area (Å²) in [6, 6.07) is 10.3. The molecule has 0 aliphatic heterocycles. The van der Waals surface area contributed by atoms with Gasteiger partial charge in [-0.2, -0.15) is 5.26 Å². The third kappa shape index (κ3) is 4.80. The van der Waals surface area contributed by atoms with E-state index in [0.717, 1.165) is 11.5 Å². The summed E-state index contributed by atoms with van der Waals surface area (Å²) in [6.45, 7) is 3.17. The molecule has 19 heavy (non-hydrogen) atoms. The molecule has 0 bridgehead atoms. The Labute approximate surface area is 114 Å². The van der Waals surface area contributed by atoms with Gasteiger partial charge in [-0.05, 0) is 44.0 Å². The van der Waals surface area contributed by atoms with Crippen molar-refractivity contribution in [1.29, 1.82) is 5.26 Å². The van der Waals surface area contributed by atoms with Crippen LogP contribution in [-0.4, -0.2) is 25.3 Å². The summed E-state index contributed by atoms with van der Waals surface area (Å²) >= 11 is 0. The van der Waals surface area contributed by atoms with Crippen molar-refractivity contribution in [3.63, 3.8) is 0 Å². The summed E-state index contributed by atoms with van der Waals surface area (Å²) < 4.78 is 11.0. The molecule has 102 valence electrons. The molecule has 1 aromatic carbocycles. The summed E-state index contributed by atoms with van der Waals surface area (Å²) in [7, 11) is 0. The standard InChI is InChI=1S/C15H20N2O2/c1-2-18-14-5-7-15(8-6-14)19-10-9-13(11-16)17-12-3-4-12/h5-8,12-13,17H,2-4,9-10H2,1H3. The van der Waals surface area contributed by atoms with Gasteiger partial charge in [0.15, 0.2) is 0 Å². The molecule has 0 heterocycles. The zero-order chi connectivity index (χ0) is 13.5. The van der Waals surface area contributed by atoms with E-state index in [9.17, 15) is 0 Å². The van der Waals surface area contributed by atoms with E-state index in [2.05, 4.69) is 11.4 Å². The summed E-state index contributed by atoms with van der Waals surface area (Å²) in [6.07, 6.45) is 3.09. The molecule has 0 spiro atoms. The fourth-order valence-electron chi connectivity index (χ4n) is 1.81. The van der Waals surface area contributed by atoms with Gasteiger partial charge in [0.1, 0.15) is 11.5 Å². The minimum absolute atomic E-state index is 0.102. The zero-order valence-electron chi connectivity index (χ0n) is 11.3. The normalized spacial score (nSPS) is 15.6. The SMILES string of the molecule is CCOc1ccc(OCCC(C#N)NC2CC2)cc1. The van der Waals surface area contributed by atoms with Crippen LogP contribution >= 0.6 is 0 Å². The van der Waals surface area contributed by atoms with Crippen LogP contribution in [0.1, 0.15) is 26.2 Å². The fraction of sp³-hybridized carbons (Fsp3) is 0.533. The maximum Gasteiger partial charge on any atom is 0.119 e. The van der Waals surface area contributed by atoms with Crippen molar-refractivity contribution in [2.45, 2.75) is 38.3 Å². The summed E-state index contributed by atoms with van der Waals surface area (Å²) in [5.41, 5.74) is 0. The van der Waals surface area contributed by atoms with Crippen LogP contribution in [0.4, 0.5) is 0 Å². The number of nitrogens with zero attached hydrogens (tertiary/aromatic N) is 1. The predicted octanol–water partition coefficient (Wildman–Crippen LogP) is 2.50. The summed E-state index contributed by atoms with van der Waals surface area (Å²) in [5, 5.41) is 12.3. The van der Waals surface area contributed by atoms with Crippen molar-refractivity contribution in [3.8, 4) is 17.6 Å². The molecule has 1 fully saturated rings. The van der Waals surface area contributed by atoms with Gasteiger partial charge in [-0.1, -0.05) is 0 Å². The smallest absolute Gasteiger partial charge is 0.119 e. The average Bonchev–Trinajstić information content (AvgIpc) is 3.24. The van der Waals surface area contributed by atoms with E-state index in [1.165, 1.54) is 12.8 Å². The maximum absolute atomic E-state index is 9.01. The van der Waals surface area contributed by atoms with Gasteiger partial charge >= 0.3 is 0 Å². The molecular weight excluding hydrogens is 240 g/mol. The van der Waals surface area contributed by atoms with Crippen molar-refractivity contribution < 1.29 is 9.47 Å². The van der Waals surface area contributed by atoms with Gasteiger partial charge in [0.2, 0.25) is 0 Å². The van der Waals surface area contributed by atoms with Crippen molar-refractivity contribution in [2.75, 3.05) is 13.2 Å². The largest absolute Gasteiger partial charge is 0.494 e. The number of rotatable bonds is 8. The Bertz CT molecular complexity index is 421. The van der Waals surface area contributed by atoms with Crippen LogP contribution < -0.4 is 14.8 Å². The molecular formula is C15H20N2O2. The Morgan fingerprint density at radius 3 is 2.42 bits per heavy atom. The molecule has 0 radical (unpaired) electrons. The highest BCUT2D eigenvalue weighted by Crippen LogP contribution is 2.20. The molecule has 0 saturated heterocycles. The third-order valence-corrected chi connectivity index (χ3v) is 2.98. The lowest BCUT2D eigenvalue weighted by molar-refractivity contribution is 0.296. The molecule has 0 amide bonds. The molecule has 1 aliphatic rings. The van der Waals surface area contributed by atoms with E-state index in [-0.39, 0.29) is 6.04 Å². The van der Waals surface area contributed by atoms with E-state index < -0.39 is 0 Å². The molecule has 1 atom stereocenters. The summed E-state index contributed by atoms with van der Waals surface area (Å²) in [4.78, 5) is 0. The lowest BCUT2D eigenvalue weighted by Gasteiger charge is -2.12. The zero-order valence-corrected chi connectivity index (χ0v) is 11.3. The maximum atomic E-state index is 9.01. The lowest BCUT2D eigenvalue weighted by atomic mass is 10.2. The molecule has 1 aromatic rings. The van der Waals surface area contributed by atoms with Gasteiger partial charge in [-0.25, -0.2) is 0 Å². The molecule has 1 unspecified atom stereocenters. The van der Waals surface area contributed by atoms with Crippen molar-refractivity contribution in [1.82, 2.24) is 5.32 Å². The Balaban J connectivity index is 1.70. The fourth-order valence-corrected chi connectivity index (χ4v) is 1.81. The molecule has 1 aliphatic carbocycles. The first kappa shape index (κ1) is 13.7. The highest BCUT2D eigenvalue weighted by Gasteiger charge is 2.24. The number of nitriles is 1. The quantitative estimate of drug-likeness (QED) is 0.780. The number of benzene rings is 1. The molecule has 0 aromatic heterocycles. The first-order valence-electron chi connectivity index (χ1n) is 6.83. The van der Waals surface area contributed by atoms with Gasteiger partial charge in [-0.3, -0.25) is 5.32 Å². The summed E-state index contributed by atoms with van der Waals surface area (Å²) in [5.74, 6) is 1.66. The van der Waals surface area contributed by atoms with Crippen LogP contribution in [-0.2, 0) is 0 Å². The topological polar surface area (TPSA) is 54.3 Å². The third-order valence-electron chi connectivity index (χ3n) is 2.98. The predicted molar refractivity (Wildman–Crippen MR) is 73.3 cm³/mol. The van der Waals surface area contributed by atoms with Crippen molar-refractivity contribution in [3.05, 3.63) is 24.3 Å². The number of hydrogen-bond acceptors (Lipinski definition) is 4. The van der Waals surface area contributed by atoms with E-state index in [1.807, 2.05) is 31.2 Å². The molecule has 1 saturated carbocycles. The van der Waals surface area contributed by atoms with Crippen LogP contribution in [0.3, 0.4) is 0 Å². The molecule has 2 rings (SSSR count). The second-order valence-electron chi connectivity index (χ2n) is 4.66. The van der Waals surface area contributed by atoms with Crippen molar-refractivity contribution in [2.24, 2.45) is 0 Å². The Morgan fingerprint density at radius 2 is 1.89 bits per heavy atom. The number of nitrogens with one attached hydrogen (secondary N) is 1. The Hall–Kier alpha value is -1.73. The van der Waals surface area contributed by atoms with Crippen LogP contribution in [0.25, 0.3) is 0 Å². The number of hydrogen-bond donors (Lipinski definition) is 1. The highest BCUT2D eigenvalue weighted by molar-refractivity contribution is 5.31. The van der Waals surface area contributed by atoms with Crippen LogP contribution in [0, 0.1) is 11.3 Å². The van der Waals surface area contributed by atoms with Gasteiger partial charge in [0.05, 0.1) is 25.3 Å². The number of ether oxygens (including phenoxy) is 2. The minimum Gasteiger partial charge on any atom is -0.494 e. The van der Waals surface area contributed by atoms with Crippen LogP contribution in [0.5, 0.6) is 11.5 Å². The van der Waals surface area contributed by atoms with Gasteiger partial charge in [0, 0.05) is 12.5 Å². The molecule has 4 nitrogen and oxygen atoms in total. The van der Waals surface area contributed by atoms with Gasteiger partial charge in [-0.15, -0.1) is 0 Å². The second-order valence-corrected chi connectivity index (χ2v) is 4.66. The minimum atomic E-state index is -0.102. The highest BCUT2D eigenvalue weighted by atomic mass is 16.5. The first-order valence-corrected chi connectivity index (χ1v) is 6.83. The molecule has 1 N–H and O–H groups in total. The molecule has 4 heteroatoms. The Morgan fingerprint density at radius 1 is 1.26 bits per heavy atom. The lowest BCUT2D eigenvalue weighted by Crippen LogP contribution is -2.31. The van der Waals surface area contributed by atoms with E-state index in [0.29, 0.717) is 25.7 Å². The van der Waals surface area contributed by atoms with E-state index >= 15 is 0 Å². The van der Waals surface area contributed by atoms with Crippen LogP contribution in [0.2, 0.25) is 0 Å². The van der Waals surface area contributed by atoms with Crippen molar-refractivity contribution >= 4 is 0 Å². The monoisotopic (exact) mass is 260 g/mol. The first-order chi connectivity index (χ1) is 9.31. The van der Waals surface area contributed by atoms with E-state index in [4.69, 9.17) is 14.7 Å². The Kier molecular flexibility index (Phi) is 5.05. The van der Waals surface area contributed by atoms with Crippen LogP contribution in [0.15, 0.2) is 24.3 Å². The van der Waals surface area contributed by atoms with E-state index in [1.54, 1.807) is 0 Å². The van der Waals surface area contributed by atoms with Gasteiger partial charge < -0.3 is 9.47 Å². The average molecular weight is 260 g/mol. The second kappa shape index (κ2) is 7.01. The van der Waals surface area contributed by atoms with Gasteiger partial charge in [0.25, 0.3) is 0 Å².